The molecule has 28 heavy (non-hydrogen) atoms. The summed E-state index contributed by atoms with van der Waals surface area (Å²) in [5, 5.41) is 0.483. The Labute approximate surface area is 160 Å². The zero-order chi connectivity index (χ0) is 19.4. The molecule has 1 saturated heterocycles. The average Bonchev–Trinajstić information content (AvgIpc) is 3.12. The summed E-state index contributed by atoms with van der Waals surface area (Å²) < 4.78 is 1.43. The number of nitrogen functional groups attached to an aromatic ring is 1. The first-order chi connectivity index (χ1) is 13.5. The third-order valence-corrected chi connectivity index (χ3v) is 5.52. The molecule has 0 unspecified atom stereocenters. The summed E-state index contributed by atoms with van der Waals surface area (Å²) in [6, 6.07) is 5.47. The number of fused-ring (bicyclic) bond motifs is 4. The predicted octanol–water partition coefficient (Wildman–Crippen LogP) is 0.935. The third-order valence-electron chi connectivity index (χ3n) is 5.52. The lowest BCUT2D eigenvalue weighted by Crippen LogP contribution is -2.40. The van der Waals surface area contributed by atoms with Crippen molar-refractivity contribution in [1.29, 1.82) is 0 Å². The van der Waals surface area contributed by atoms with Crippen LogP contribution in [0.25, 0.3) is 10.9 Å². The molecule has 2 aliphatic heterocycles. The lowest BCUT2D eigenvalue weighted by molar-refractivity contribution is 0.0988. The van der Waals surface area contributed by atoms with Gasteiger partial charge in [-0.1, -0.05) is 6.07 Å². The molecule has 0 saturated carbocycles. The minimum atomic E-state index is -0.209. The van der Waals surface area contributed by atoms with Crippen LogP contribution < -0.4 is 21.1 Å². The van der Waals surface area contributed by atoms with E-state index < -0.39 is 0 Å². The molecule has 2 aliphatic rings. The first kappa shape index (κ1) is 16.7. The van der Waals surface area contributed by atoms with Crippen LogP contribution in [0.15, 0.2) is 35.5 Å². The molecule has 1 amide bonds. The molecule has 9 nitrogen and oxygen atoms in total. The molecule has 0 bridgehead atoms. The number of aromatic nitrogens is 4. The van der Waals surface area contributed by atoms with E-state index in [0.717, 1.165) is 19.4 Å². The van der Waals surface area contributed by atoms with Gasteiger partial charge in [0.05, 0.1) is 17.4 Å². The van der Waals surface area contributed by atoms with Crippen molar-refractivity contribution in [3.05, 3.63) is 46.6 Å². The van der Waals surface area contributed by atoms with Gasteiger partial charge in [0.15, 0.2) is 0 Å². The highest BCUT2D eigenvalue weighted by molar-refractivity contribution is 6.12. The van der Waals surface area contributed by atoms with Gasteiger partial charge in [-0.15, -0.1) is 0 Å². The molecule has 142 valence electrons. The van der Waals surface area contributed by atoms with E-state index in [2.05, 4.69) is 19.9 Å². The number of para-hydroxylation sites is 1. The molecule has 0 radical (unpaired) electrons. The Morgan fingerprint density at radius 3 is 2.93 bits per heavy atom. The van der Waals surface area contributed by atoms with Crippen LogP contribution in [0.3, 0.4) is 0 Å². The molecule has 0 aliphatic carbocycles. The number of nitrogens with zero attached hydrogens (tertiary/aromatic N) is 6. The van der Waals surface area contributed by atoms with Crippen LogP contribution in [0.5, 0.6) is 0 Å². The van der Waals surface area contributed by atoms with Crippen molar-refractivity contribution < 1.29 is 4.79 Å². The number of nitrogens with two attached hydrogens (primary N) is 1. The van der Waals surface area contributed by atoms with E-state index >= 15 is 0 Å². The fourth-order valence-corrected chi connectivity index (χ4v) is 4.15. The molecule has 1 atom stereocenters. The third kappa shape index (κ3) is 2.35. The molecule has 0 spiro atoms. The van der Waals surface area contributed by atoms with Crippen LogP contribution in [0, 0.1) is 0 Å². The molecule has 1 aromatic carbocycles. The summed E-state index contributed by atoms with van der Waals surface area (Å²) in [6.45, 7) is 1.31. The number of benzene rings is 1. The fourth-order valence-electron chi connectivity index (χ4n) is 4.15. The van der Waals surface area contributed by atoms with Crippen LogP contribution in [0.1, 0.15) is 23.2 Å². The minimum Gasteiger partial charge on any atom is -0.368 e. The smallest absolute Gasteiger partial charge is 0.263 e. The molecule has 3 aromatic rings. The number of carbonyl (C=O) groups is 1. The van der Waals surface area contributed by atoms with Crippen molar-refractivity contribution in [1.82, 2.24) is 19.5 Å². The van der Waals surface area contributed by atoms with Gasteiger partial charge in [0.2, 0.25) is 5.95 Å². The van der Waals surface area contributed by atoms with Gasteiger partial charge < -0.3 is 20.1 Å². The molecule has 2 N–H and O–H groups in total. The maximum absolute atomic E-state index is 13.4. The zero-order valence-corrected chi connectivity index (χ0v) is 15.4. The number of anilines is 3. The van der Waals surface area contributed by atoms with Gasteiger partial charge in [-0.25, -0.2) is 9.97 Å². The summed E-state index contributed by atoms with van der Waals surface area (Å²) in [6.07, 6.45) is 4.94. The number of amides is 1. The SMILES string of the molecule is Cn1cnc2c(N3C[C@@H]4CCCN4c4nc(N)ncc4C3=O)cccc2c1=O. The van der Waals surface area contributed by atoms with Gasteiger partial charge in [-0.05, 0) is 25.0 Å². The Bertz CT molecular complexity index is 1170. The van der Waals surface area contributed by atoms with Gasteiger partial charge in [0.25, 0.3) is 11.5 Å². The molecule has 9 heteroatoms. The van der Waals surface area contributed by atoms with Gasteiger partial charge in [0, 0.05) is 32.4 Å². The van der Waals surface area contributed by atoms with E-state index in [9.17, 15) is 9.59 Å². The number of hydrogen-bond donors (Lipinski definition) is 1. The summed E-state index contributed by atoms with van der Waals surface area (Å²) in [4.78, 5) is 42.6. The van der Waals surface area contributed by atoms with Crippen molar-refractivity contribution in [2.75, 3.05) is 28.6 Å². The van der Waals surface area contributed by atoms with E-state index in [1.807, 2.05) is 6.07 Å². The molecule has 5 rings (SSSR count). The van der Waals surface area contributed by atoms with Crippen LogP contribution in [-0.2, 0) is 7.05 Å². The maximum atomic E-state index is 13.4. The van der Waals surface area contributed by atoms with E-state index in [-0.39, 0.29) is 23.5 Å². The van der Waals surface area contributed by atoms with Crippen LogP contribution in [0.2, 0.25) is 0 Å². The molecule has 4 heterocycles. The fraction of sp³-hybridized carbons (Fsp3) is 0.316. The predicted molar refractivity (Wildman–Crippen MR) is 105 cm³/mol. The Morgan fingerprint density at radius 1 is 1.21 bits per heavy atom. The highest BCUT2D eigenvalue weighted by Crippen LogP contribution is 2.35. The first-order valence-corrected chi connectivity index (χ1v) is 9.20. The standard InChI is InChI=1S/C19H19N7O2/c1-24-10-22-15-12(17(24)27)5-2-6-14(15)26-9-11-4-3-7-25(11)16-13(18(26)28)8-21-19(20)23-16/h2,5-6,8,10-11H,3-4,7,9H2,1H3,(H2,20,21,23)/t11-/m0/s1. The van der Waals surface area contributed by atoms with Gasteiger partial charge in [-0.3, -0.25) is 9.59 Å². The molecular formula is C19H19N7O2. The molecule has 2 aromatic heterocycles. The largest absolute Gasteiger partial charge is 0.368 e. The van der Waals surface area contributed by atoms with Crippen molar-refractivity contribution >= 4 is 34.3 Å². The quantitative estimate of drug-likeness (QED) is 0.672. The Hall–Kier alpha value is -3.49. The summed E-state index contributed by atoms with van der Waals surface area (Å²) in [5.74, 6) is 0.534. The monoisotopic (exact) mass is 377 g/mol. The van der Waals surface area contributed by atoms with E-state index in [1.165, 1.54) is 17.1 Å². The topological polar surface area (TPSA) is 110 Å². The van der Waals surface area contributed by atoms with Gasteiger partial charge in [0.1, 0.15) is 16.9 Å². The minimum absolute atomic E-state index is 0.126. The van der Waals surface area contributed by atoms with E-state index in [4.69, 9.17) is 5.73 Å². The number of rotatable bonds is 1. The second-order valence-electron chi connectivity index (χ2n) is 7.20. The van der Waals surface area contributed by atoms with Crippen molar-refractivity contribution in [2.45, 2.75) is 18.9 Å². The Morgan fingerprint density at radius 2 is 2.07 bits per heavy atom. The van der Waals surface area contributed by atoms with Gasteiger partial charge in [-0.2, -0.15) is 4.98 Å². The average molecular weight is 377 g/mol. The second kappa shape index (κ2) is 6.01. The maximum Gasteiger partial charge on any atom is 0.263 e. The first-order valence-electron chi connectivity index (χ1n) is 9.20. The Kier molecular flexibility index (Phi) is 3.58. The summed E-state index contributed by atoms with van der Waals surface area (Å²) in [7, 11) is 1.66. The van der Waals surface area contributed by atoms with Crippen LogP contribution >= 0.6 is 0 Å². The van der Waals surface area contributed by atoms with Crippen LogP contribution in [0.4, 0.5) is 17.5 Å². The lowest BCUT2D eigenvalue weighted by atomic mass is 10.1. The van der Waals surface area contributed by atoms with Gasteiger partial charge >= 0.3 is 0 Å². The van der Waals surface area contributed by atoms with Crippen LogP contribution in [-0.4, -0.2) is 44.6 Å². The molecule has 1 fully saturated rings. The van der Waals surface area contributed by atoms with Crippen molar-refractivity contribution in [3.63, 3.8) is 0 Å². The summed E-state index contributed by atoms with van der Waals surface area (Å²) >= 11 is 0. The highest BCUT2D eigenvalue weighted by atomic mass is 16.2. The van der Waals surface area contributed by atoms with Crippen molar-refractivity contribution in [2.24, 2.45) is 7.05 Å². The highest BCUT2D eigenvalue weighted by Gasteiger charge is 2.38. The normalized spacial score (nSPS) is 18.9. The number of hydrogen-bond acceptors (Lipinski definition) is 7. The van der Waals surface area contributed by atoms with E-state index in [0.29, 0.717) is 34.5 Å². The van der Waals surface area contributed by atoms with Crippen molar-refractivity contribution in [3.8, 4) is 0 Å². The summed E-state index contributed by atoms with van der Waals surface area (Å²) in [5.41, 5.74) is 7.20. The Balaban J connectivity index is 1.72. The lowest BCUT2D eigenvalue weighted by Gasteiger charge is -2.27. The molecular weight excluding hydrogens is 358 g/mol. The second-order valence-corrected chi connectivity index (χ2v) is 7.20. The zero-order valence-electron chi connectivity index (χ0n) is 15.4. The number of carbonyl (C=O) groups excluding carboxylic acids is 1. The van der Waals surface area contributed by atoms with E-state index in [1.54, 1.807) is 24.1 Å². The number of aryl methyl sites for hydroxylation is 1.